The third-order valence-electron chi connectivity index (χ3n) is 5.86. The molecule has 32 heavy (non-hydrogen) atoms. The SMILES string of the molecule is COc1cnc2cccc([C@@H](O)CC[C@@H]3CCN(C(=O)OC(C)(C)C)C[C@@H]3C(=O)O)c2c1. The fourth-order valence-electron chi connectivity index (χ4n) is 4.20. The van der Waals surface area contributed by atoms with Gasteiger partial charge in [-0.2, -0.15) is 0 Å². The Morgan fingerprint density at radius 2 is 2.06 bits per heavy atom. The van der Waals surface area contributed by atoms with E-state index in [4.69, 9.17) is 9.47 Å². The summed E-state index contributed by atoms with van der Waals surface area (Å²) in [7, 11) is 1.57. The summed E-state index contributed by atoms with van der Waals surface area (Å²) in [6, 6.07) is 7.42. The van der Waals surface area contributed by atoms with E-state index in [2.05, 4.69) is 4.98 Å². The number of methoxy groups -OCH3 is 1. The van der Waals surface area contributed by atoms with E-state index in [0.717, 1.165) is 16.5 Å². The molecule has 1 aromatic heterocycles. The molecule has 0 unspecified atom stereocenters. The van der Waals surface area contributed by atoms with E-state index < -0.39 is 29.7 Å². The molecule has 174 valence electrons. The minimum absolute atomic E-state index is 0.112. The molecular weight excluding hydrogens is 412 g/mol. The van der Waals surface area contributed by atoms with Crippen molar-refractivity contribution >= 4 is 23.0 Å². The molecule has 2 aromatic rings. The number of aliphatic hydroxyl groups excluding tert-OH is 1. The number of carbonyl (C=O) groups excluding carboxylic acids is 1. The van der Waals surface area contributed by atoms with Crippen LogP contribution in [0.2, 0.25) is 0 Å². The molecule has 2 N–H and O–H groups in total. The Kier molecular flexibility index (Phi) is 7.23. The molecule has 0 bridgehead atoms. The lowest BCUT2D eigenvalue weighted by atomic mass is 9.81. The molecule has 1 amide bonds. The number of benzene rings is 1. The van der Waals surface area contributed by atoms with Crippen molar-refractivity contribution in [2.45, 2.75) is 51.7 Å². The van der Waals surface area contributed by atoms with Gasteiger partial charge in [0.2, 0.25) is 0 Å². The van der Waals surface area contributed by atoms with Crippen molar-refractivity contribution in [1.29, 1.82) is 0 Å². The van der Waals surface area contributed by atoms with Crippen molar-refractivity contribution in [3.63, 3.8) is 0 Å². The molecule has 1 fully saturated rings. The number of rotatable bonds is 6. The molecule has 0 radical (unpaired) electrons. The molecule has 2 heterocycles. The third-order valence-corrected chi connectivity index (χ3v) is 5.86. The first-order valence-electron chi connectivity index (χ1n) is 10.9. The number of aliphatic hydroxyl groups is 1. The number of amides is 1. The van der Waals surface area contributed by atoms with E-state index >= 15 is 0 Å². The van der Waals surface area contributed by atoms with Crippen molar-refractivity contribution in [2.75, 3.05) is 20.2 Å². The number of hydrogen-bond acceptors (Lipinski definition) is 6. The molecule has 8 nitrogen and oxygen atoms in total. The third kappa shape index (κ3) is 5.68. The number of carbonyl (C=O) groups is 2. The summed E-state index contributed by atoms with van der Waals surface area (Å²) in [5.41, 5.74) is 0.871. The van der Waals surface area contributed by atoms with Crippen LogP contribution in [0.4, 0.5) is 4.79 Å². The summed E-state index contributed by atoms with van der Waals surface area (Å²) in [5.74, 6) is -1.16. The van der Waals surface area contributed by atoms with Gasteiger partial charge >= 0.3 is 12.1 Å². The van der Waals surface area contributed by atoms with Crippen LogP contribution in [0.3, 0.4) is 0 Å². The van der Waals surface area contributed by atoms with E-state index in [0.29, 0.717) is 31.6 Å². The summed E-state index contributed by atoms with van der Waals surface area (Å²) in [4.78, 5) is 30.1. The van der Waals surface area contributed by atoms with Gasteiger partial charge in [0.05, 0.1) is 30.8 Å². The second-order valence-electron chi connectivity index (χ2n) is 9.30. The van der Waals surface area contributed by atoms with Gasteiger partial charge in [0.25, 0.3) is 0 Å². The number of ether oxygens (including phenoxy) is 2. The smallest absolute Gasteiger partial charge is 0.410 e. The van der Waals surface area contributed by atoms with E-state index in [-0.39, 0.29) is 12.5 Å². The average Bonchev–Trinajstić information content (AvgIpc) is 2.75. The van der Waals surface area contributed by atoms with Gasteiger partial charge in [0, 0.05) is 18.5 Å². The monoisotopic (exact) mass is 444 g/mol. The summed E-state index contributed by atoms with van der Waals surface area (Å²) in [6.07, 6.45) is 1.89. The van der Waals surface area contributed by atoms with E-state index in [1.807, 2.05) is 24.3 Å². The van der Waals surface area contributed by atoms with Crippen LogP contribution in [0.25, 0.3) is 10.9 Å². The normalized spacial score (nSPS) is 20.1. The van der Waals surface area contributed by atoms with Gasteiger partial charge in [-0.3, -0.25) is 9.78 Å². The van der Waals surface area contributed by atoms with Crippen LogP contribution in [-0.2, 0) is 9.53 Å². The summed E-state index contributed by atoms with van der Waals surface area (Å²) >= 11 is 0. The molecule has 3 rings (SSSR count). The molecule has 0 aliphatic carbocycles. The number of carboxylic acids is 1. The average molecular weight is 445 g/mol. The van der Waals surface area contributed by atoms with Crippen LogP contribution in [-0.4, -0.2) is 58.0 Å². The second-order valence-corrected chi connectivity index (χ2v) is 9.30. The van der Waals surface area contributed by atoms with E-state index in [1.165, 1.54) is 4.90 Å². The van der Waals surface area contributed by atoms with Crippen molar-refractivity contribution in [3.8, 4) is 5.75 Å². The second kappa shape index (κ2) is 9.73. The quantitative estimate of drug-likeness (QED) is 0.693. The zero-order chi connectivity index (χ0) is 23.5. The Labute approximate surface area is 188 Å². The Balaban J connectivity index is 1.68. The zero-order valence-corrected chi connectivity index (χ0v) is 19.1. The number of aromatic nitrogens is 1. The highest BCUT2D eigenvalue weighted by molar-refractivity contribution is 5.83. The Morgan fingerprint density at radius 3 is 2.72 bits per heavy atom. The first-order valence-corrected chi connectivity index (χ1v) is 10.9. The number of nitrogens with zero attached hydrogens (tertiary/aromatic N) is 2. The summed E-state index contributed by atoms with van der Waals surface area (Å²) < 4.78 is 10.7. The molecule has 0 saturated carbocycles. The van der Waals surface area contributed by atoms with Gasteiger partial charge < -0.3 is 24.6 Å². The van der Waals surface area contributed by atoms with Gasteiger partial charge in [0.15, 0.2) is 0 Å². The molecule has 0 spiro atoms. The number of likely N-dealkylation sites (tertiary alicyclic amines) is 1. The van der Waals surface area contributed by atoms with Crippen molar-refractivity contribution < 1.29 is 29.3 Å². The van der Waals surface area contributed by atoms with Gasteiger partial charge in [-0.05, 0) is 63.6 Å². The summed E-state index contributed by atoms with van der Waals surface area (Å²) in [6.45, 7) is 5.90. The van der Waals surface area contributed by atoms with E-state index in [1.54, 1.807) is 34.1 Å². The van der Waals surface area contributed by atoms with Gasteiger partial charge in [0.1, 0.15) is 11.4 Å². The number of carboxylic acid groups (broad SMARTS) is 1. The maximum absolute atomic E-state index is 12.4. The number of fused-ring (bicyclic) bond motifs is 1. The largest absolute Gasteiger partial charge is 0.495 e. The lowest BCUT2D eigenvalue weighted by Crippen LogP contribution is -2.48. The lowest BCUT2D eigenvalue weighted by molar-refractivity contribution is -0.146. The zero-order valence-electron chi connectivity index (χ0n) is 19.1. The van der Waals surface area contributed by atoms with Crippen molar-refractivity contribution in [1.82, 2.24) is 9.88 Å². The number of piperidine rings is 1. The van der Waals surface area contributed by atoms with Gasteiger partial charge in [-0.15, -0.1) is 0 Å². The van der Waals surface area contributed by atoms with E-state index in [9.17, 15) is 19.8 Å². The lowest BCUT2D eigenvalue weighted by Gasteiger charge is -2.37. The molecule has 8 heteroatoms. The minimum Gasteiger partial charge on any atom is -0.495 e. The predicted octanol–water partition coefficient (Wildman–Crippen LogP) is 4.01. The van der Waals surface area contributed by atoms with Gasteiger partial charge in [-0.25, -0.2) is 4.79 Å². The van der Waals surface area contributed by atoms with Gasteiger partial charge in [-0.1, -0.05) is 12.1 Å². The first kappa shape index (κ1) is 23.8. The van der Waals surface area contributed by atoms with Crippen LogP contribution in [0, 0.1) is 11.8 Å². The number of hydrogen-bond donors (Lipinski definition) is 2. The first-order chi connectivity index (χ1) is 15.1. The highest BCUT2D eigenvalue weighted by Crippen LogP contribution is 2.34. The molecular formula is C24H32N2O6. The van der Waals surface area contributed by atoms with Crippen LogP contribution in [0.15, 0.2) is 30.5 Å². The van der Waals surface area contributed by atoms with Crippen LogP contribution in [0.1, 0.15) is 51.7 Å². The maximum Gasteiger partial charge on any atom is 0.410 e. The van der Waals surface area contributed by atoms with Crippen LogP contribution >= 0.6 is 0 Å². The summed E-state index contributed by atoms with van der Waals surface area (Å²) in [5, 5.41) is 21.5. The van der Waals surface area contributed by atoms with Crippen molar-refractivity contribution in [2.24, 2.45) is 11.8 Å². The van der Waals surface area contributed by atoms with Crippen molar-refractivity contribution in [3.05, 3.63) is 36.0 Å². The highest BCUT2D eigenvalue weighted by atomic mass is 16.6. The fourth-order valence-corrected chi connectivity index (χ4v) is 4.20. The Bertz CT molecular complexity index is 971. The number of aliphatic carboxylic acids is 1. The molecule has 1 saturated heterocycles. The Morgan fingerprint density at radius 1 is 1.31 bits per heavy atom. The minimum atomic E-state index is -0.933. The van der Waals surface area contributed by atoms with Crippen LogP contribution in [0.5, 0.6) is 5.75 Å². The topological polar surface area (TPSA) is 109 Å². The molecule has 1 aliphatic heterocycles. The predicted molar refractivity (Wildman–Crippen MR) is 120 cm³/mol. The molecule has 1 aliphatic rings. The Hall–Kier alpha value is -2.87. The van der Waals surface area contributed by atoms with Crippen LogP contribution < -0.4 is 4.74 Å². The molecule has 3 atom stereocenters. The highest BCUT2D eigenvalue weighted by Gasteiger charge is 2.37. The maximum atomic E-state index is 12.4. The molecule has 1 aromatic carbocycles. The number of pyridine rings is 1. The fraction of sp³-hybridized carbons (Fsp3) is 0.542. The standard InChI is InChI=1S/C24H32N2O6/c1-24(2,3)32-23(30)26-11-10-15(19(14-26)22(28)29)8-9-21(27)17-6-5-7-20-18(17)12-16(31-4)13-25-20/h5-7,12-13,15,19,21,27H,8-11,14H2,1-4H3,(H,28,29)/t15-,19+,21+/m1/s1.